The van der Waals surface area contributed by atoms with Crippen molar-refractivity contribution in [2.75, 3.05) is 19.6 Å². The number of likely N-dealkylation sites (tertiary alicyclic amines) is 1. The van der Waals surface area contributed by atoms with E-state index in [9.17, 15) is 9.50 Å². The first-order chi connectivity index (χ1) is 17.5. The standard InChI is InChI=1S/C31H32FNO2S/c1-3-20-17-33(18-20)14-4-5-21-7-9-22(10-8-21)28-25-13-12-24(34)16-27(25)36-31(28)30-29(35-30)26-15-23(32)11-6-19(26)2/h6-13,15-16,20,29-30,34H,3-5,14,17-18H2,1-2H3. The Kier molecular flexibility index (Phi) is 6.32. The van der Waals surface area contributed by atoms with E-state index in [4.69, 9.17) is 4.74 Å². The van der Waals surface area contributed by atoms with Gasteiger partial charge in [-0.25, -0.2) is 4.39 Å². The number of ether oxygens (including phenoxy) is 1. The van der Waals surface area contributed by atoms with Crippen LogP contribution in [0.3, 0.4) is 0 Å². The normalized spacial score (nSPS) is 20.1. The first-order valence-electron chi connectivity index (χ1n) is 13.0. The Balaban J connectivity index is 1.24. The molecule has 3 aromatic carbocycles. The lowest BCUT2D eigenvalue weighted by Gasteiger charge is -2.38. The molecule has 36 heavy (non-hydrogen) atoms. The van der Waals surface area contributed by atoms with E-state index in [0.29, 0.717) is 0 Å². The Labute approximate surface area is 216 Å². The number of thiophene rings is 1. The maximum absolute atomic E-state index is 14.0. The molecule has 0 amide bonds. The van der Waals surface area contributed by atoms with Gasteiger partial charge in [0.15, 0.2) is 0 Å². The van der Waals surface area contributed by atoms with Crippen molar-refractivity contribution in [3.8, 4) is 16.9 Å². The molecular weight excluding hydrogens is 469 g/mol. The molecular formula is C31H32FNO2S. The van der Waals surface area contributed by atoms with Gasteiger partial charge in [-0.1, -0.05) is 43.7 Å². The third kappa shape index (κ3) is 4.56. The van der Waals surface area contributed by atoms with Crippen LogP contribution in [-0.2, 0) is 11.2 Å². The monoisotopic (exact) mass is 501 g/mol. The summed E-state index contributed by atoms with van der Waals surface area (Å²) in [5, 5.41) is 11.2. The van der Waals surface area contributed by atoms with E-state index in [1.54, 1.807) is 23.5 Å². The zero-order chi connectivity index (χ0) is 24.8. The average Bonchev–Trinajstić information content (AvgIpc) is 3.55. The van der Waals surface area contributed by atoms with Crippen molar-refractivity contribution in [2.45, 2.75) is 45.3 Å². The van der Waals surface area contributed by atoms with Crippen LogP contribution in [0.2, 0.25) is 0 Å². The number of fused-ring (bicyclic) bond motifs is 1. The predicted molar refractivity (Wildman–Crippen MR) is 145 cm³/mol. The fourth-order valence-corrected chi connectivity index (χ4v) is 6.85. The van der Waals surface area contributed by atoms with Crippen LogP contribution in [0.25, 0.3) is 21.2 Å². The van der Waals surface area contributed by atoms with Crippen LogP contribution in [0, 0.1) is 18.7 Å². The molecule has 3 heterocycles. The van der Waals surface area contributed by atoms with Crippen LogP contribution in [0.1, 0.15) is 53.5 Å². The summed E-state index contributed by atoms with van der Waals surface area (Å²) < 4.78 is 21.2. The van der Waals surface area contributed by atoms with Crippen molar-refractivity contribution in [3.63, 3.8) is 0 Å². The first kappa shape index (κ1) is 23.7. The van der Waals surface area contributed by atoms with Crippen molar-refractivity contribution < 1.29 is 14.2 Å². The van der Waals surface area contributed by atoms with E-state index in [2.05, 4.69) is 36.1 Å². The number of aryl methyl sites for hydroxylation is 2. The lowest BCUT2D eigenvalue weighted by molar-refractivity contribution is 0.0967. The number of aromatic hydroxyl groups is 1. The highest BCUT2D eigenvalue weighted by molar-refractivity contribution is 7.19. The smallest absolute Gasteiger partial charge is 0.124 e. The number of hydrogen-bond donors (Lipinski definition) is 1. The van der Waals surface area contributed by atoms with Gasteiger partial charge < -0.3 is 14.7 Å². The summed E-state index contributed by atoms with van der Waals surface area (Å²) in [7, 11) is 0. The van der Waals surface area contributed by atoms with Crippen LogP contribution < -0.4 is 0 Å². The van der Waals surface area contributed by atoms with Gasteiger partial charge in [-0.15, -0.1) is 11.3 Å². The van der Waals surface area contributed by atoms with Crippen molar-refractivity contribution >= 4 is 21.4 Å². The van der Waals surface area contributed by atoms with Gasteiger partial charge in [-0.3, -0.25) is 0 Å². The number of phenols is 1. The molecule has 0 saturated carbocycles. The Morgan fingerprint density at radius 2 is 1.83 bits per heavy atom. The summed E-state index contributed by atoms with van der Waals surface area (Å²) in [5.41, 5.74) is 5.63. The summed E-state index contributed by atoms with van der Waals surface area (Å²) in [6, 6.07) is 19.4. The number of phenolic OH excluding ortho intramolecular Hbond substituents is 1. The second-order valence-electron chi connectivity index (χ2n) is 10.3. The summed E-state index contributed by atoms with van der Waals surface area (Å²) >= 11 is 1.66. The van der Waals surface area contributed by atoms with Crippen molar-refractivity contribution in [2.24, 2.45) is 5.92 Å². The highest BCUT2D eigenvalue weighted by atomic mass is 32.1. The Morgan fingerprint density at radius 1 is 1.03 bits per heavy atom. The zero-order valence-electron chi connectivity index (χ0n) is 20.8. The third-order valence-corrected chi connectivity index (χ3v) is 9.01. The first-order valence-corrected chi connectivity index (χ1v) is 13.8. The number of epoxide rings is 1. The number of hydrogen-bond acceptors (Lipinski definition) is 4. The Hall–Kier alpha value is -2.73. The van der Waals surface area contributed by atoms with Crippen molar-refractivity contribution in [3.05, 3.63) is 88.0 Å². The van der Waals surface area contributed by atoms with Gasteiger partial charge in [0.05, 0.1) is 0 Å². The SMILES string of the molecule is CCC1CN(CCCc2ccc(-c3c(C4OC4c4cc(F)ccc4C)sc4cc(O)ccc34)cc2)C1. The fourth-order valence-electron chi connectivity index (χ4n) is 5.53. The summed E-state index contributed by atoms with van der Waals surface area (Å²) in [6.07, 6.45) is 3.32. The van der Waals surface area contributed by atoms with E-state index in [1.165, 1.54) is 44.1 Å². The largest absolute Gasteiger partial charge is 0.508 e. The molecule has 2 aliphatic rings. The maximum Gasteiger partial charge on any atom is 0.124 e. The molecule has 0 aliphatic carbocycles. The highest BCUT2D eigenvalue weighted by Crippen LogP contribution is 2.57. The number of halogens is 1. The summed E-state index contributed by atoms with van der Waals surface area (Å²) in [6.45, 7) is 7.99. The molecule has 5 heteroatoms. The molecule has 186 valence electrons. The van der Waals surface area contributed by atoms with E-state index in [1.807, 2.05) is 25.1 Å². The van der Waals surface area contributed by atoms with E-state index < -0.39 is 0 Å². The molecule has 2 aliphatic heterocycles. The molecule has 4 aromatic rings. The summed E-state index contributed by atoms with van der Waals surface area (Å²) in [4.78, 5) is 3.70. The minimum Gasteiger partial charge on any atom is -0.508 e. The van der Waals surface area contributed by atoms with Gasteiger partial charge in [-0.2, -0.15) is 0 Å². The molecule has 0 bridgehead atoms. The maximum atomic E-state index is 14.0. The highest BCUT2D eigenvalue weighted by Gasteiger charge is 2.45. The second-order valence-corrected chi connectivity index (χ2v) is 11.4. The molecule has 2 atom stereocenters. The van der Waals surface area contributed by atoms with Crippen LogP contribution in [0.5, 0.6) is 5.75 Å². The lowest BCUT2D eigenvalue weighted by Crippen LogP contribution is -2.46. The summed E-state index contributed by atoms with van der Waals surface area (Å²) in [5.74, 6) is 0.931. The van der Waals surface area contributed by atoms with Crippen LogP contribution in [0.15, 0.2) is 60.7 Å². The quantitative estimate of drug-likeness (QED) is 0.250. The third-order valence-electron chi connectivity index (χ3n) is 7.79. The van der Waals surface area contributed by atoms with Gasteiger partial charge in [-0.05, 0) is 84.8 Å². The van der Waals surface area contributed by atoms with Gasteiger partial charge >= 0.3 is 0 Å². The molecule has 0 spiro atoms. The molecule has 2 unspecified atom stereocenters. The molecule has 3 nitrogen and oxygen atoms in total. The predicted octanol–water partition coefficient (Wildman–Crippen LogP) is 7.81. The average molecular weight is 502 g/mol. The Morgan fingerprint density at radius 3 is 2.61 bits per heavy atom. The Bertz CT molecular complexity index is 1390. The molecule has 2 saturated heterocycles. The van der Waals surface area contributed by atoms with Gasteiger partial charge in [0.1, 0.15) is 23.8 Å². The number of rotatable bonds is 8. The van der Waals surface area contributed by atoms with Gasteiger partial charge in [0, 0.05) is 33.6 Å². The molecule has 2 fully saturated rings. The van der Waals surface area contributed by atoms with Crippen LogP contribution in [0.4, 0.5) is 4.39 Å². The minimum atomic E-state index is -0.235. The van der Waals surface area contributed by atoms with E-state index >= 15 is 0 Å². The molecule has 6 rings (SSSR count). The number of benzene rings is 3. The van der Waals surface area contributed by atoms with Gasteiger partial charge in [0.25, 0.3) is 0 Å². The molecule has 1 N–H and O–H groups in total. The molecule has 0 radical (unpaired) electrons. The zero-order valence-corrected chi connectivity index (χ0v) is 21.7. The fraction of sp³-hybridized carbons (Fsp3) is 0.355. The van der Waals surface area contributed by atoms with Crippen molar-refractivity contribution in [1.82, 2.24) is 4.90 Å². The van der Waals surface area contributed by atoms with Crippen LogP contribution in [-0.4, -0.2) is 29.6 Å². The minimum absolute atomic E-state index is 0.108. The second kappa shape index (κ2) is 9.62. The van der Waals surface area contributed by atoms with E-state index in [-0.39, 0.29) is 23.8 Å². The van der Waals surface area contributed by atoms with Gasteiger partial charge in [0.2, 0.25) is 0 Å². The van der Waals surface area contributed by atoms with Crippen molar-refractivity contribution in [1.29, 1.82) is 0 Å². The van der Waals surface area contributed by atoms with Crippen LogP contribution >= 0.6 is 11.3 Å². The topological polar surface area (TPSA) is 36.0 Å². The molecule has 1 aromatic heterocycles. The van der Waals surface area contributed by atoms with E-state index in [0.717, 1.165) is 49.6 Å². The number of nitrogens with zero attached hydrogens (tertiary/aromatic N) is 1. The lowest BCUT2D eigenvalue weighted by atomic mass is 9.95.